The fraction of sp³-hybridized carbons (Fsp3) is 0.0435. The second-order valence-electron chi connectivity index (χ2n) is 6.53. The van der Waals surface area contributed by atoms with Crippen molar-refractivity contribution in [2.24, 2.45) is 0 Å². The molecule has 3 amide bonds. The van der Waals surface area contributed by atoms with E-state index < -0.39 is 23.7 Å². The first-order valence-corrected chi connectivity index (χ1v) is 9.08. The minimum absolute atomic E-state index is 0.232. The zero-order chi connectivity index (χ0) is 21.3. The molecule has 0 atom stereocenters. The number of para-hydroxylation sites is 1. The Balaban J connectivity index is 1.55. The van der Waals surface area contributed by atoms with E-state index in [2.05, 4.69) is 5.32 Å². The van der Waals surface area contributed by atoms with Gasteiger partial charge in [0.1, 0.15) is 0 Å². The van der Waals surface area contributed by atoms with E-state index in [1.807, 2.05) is 0 Å². The molecule has 1 aliphatic heterocycles. The van der Waals surface area contributed by atoms with Crippen LogP contribution in [0.2, 0.25) is 0 Å². The monoisotopic (exact) mass is 400 g/mol. The van der Waals surface area contributed by atoms with Gasteiger partial charge in [-0.15, -0.1) is 0 Å². The van der Waals surface area contributed by atoms with E-state index in [4.69, 9.17) is 4.74 Å². The second kappa shape index (κ2) is 7.63. The number of methoxy groups -OCH3 is 1. The number of ether oxygens (including phenoxy) is 1. The van der Waals surface area contributed by atoms with Crippen molar-refractivity contribution in [1.29, 1.82) is 0 Å². The molecular weight excluding hydrogens is 384 g/mol. The summed E-state index contributed by atoms with van der Waals surface area (Å²) in [7, 11) is 1.26. The summed E-state index contributed by atoms with van der Waals surface area (Å²) in [5.41, 5.74) is 1.92. The number of carbonyl (C=O) groups is 4. The Hall–Kier alpha value is -4.26. The molecule has 3 aromatic carbocycles. The number of hydrogen-bond acceptors (Lipinski definition) is 5. The van der Waals surface area contributed by atoms with Crippen LogP contribution < -0.4 is 10.2 Å². The van der Waals surface area contributed by atoms with Gasteiger partial charge in [-0.1, -0.05) is 24.3 Å². The molecule has 0 saturated heterocycles. The normalized spacial score (nSPS) is 12.5. The van der Waals surface area contributed by atoms with Gasteiger partial charge in [0.15, 0.2) is 0 Å². The molecule has 148 valence electrons. The molecule has 0 bridgehead atoms. The van der Waals surface area contributed by atoms with Crippen LogP contribution in [0.1, 0.15) is 41.4 Å². The quantitative estimate of drug-likeness (QED) is 0.534. The van der Waals surface area contributed by atoms with Crippen molar-refractivity contribution in [3.05, 3.63) is 95.1 Å². The highest BCUT2D eigenvalue weighted by atomic mass is 16.5. The summed E-state index contributed by atoms with van der Waals surface area (Å²) >= 11 is 0. The van der Waals surface area contributed by atoms with Crippen LogP contribution in [-0.4, -0.2) is 30.8 Å². The van der Waals surface area contributed by atoms with Gasteiger partial charge in [0.2, 0.25) is 0 Å². The summed E-state index contributed by atoms with van der Waals surface area (Å²) < 4.78 is 4.72. The van der Waals surface area contributed by atoms with E-state index in [0.29, 0.717) is 28.1 Å². The minimum Gasteiger partial charge on any atom is -0.465 e. The van der Waals surface area contributed by atoms with Crippen LogP contribution >= 0.6 is 0 Å². The lowest BCUT2D eigenvalue weighted by molar-refractivity contribution is 0.0601. The standard InChI is InChI=1S/C23H16N2O5/c1-30-23(29)18-8-4-5-9-19(18)24-20(26)14-10-12-15(13-11-14)25-21(27)16-6-2-3-7-17(16)22(25)28/h2-13H,1H3,(H,24,26). The molecular formula is C23H16N2O5. The highest BCUT2D eigenvalue weighted by molar-refractivity contribution is 6.34. The fourth-order valence-electron chi connectivity index (χ4n) is 3.26. The lowest BCUT2D eigenvalue weighted by Crippen LogP contribution is -2.29. The van der Waals surface area contributed by atoms with Gasteiger partial charge < -0.3 is 10.1 Å². The van der Waals surface area contributed by atoms with Crippen LogP contribution in [0.3, 0.4) is 0 Å². The summed E-state index contributed by atoms with van der Waals surface area (Å²) in [6.07, 6.45) is 0. The van der Waals surface area contributed by atoms with Crippen LogP contribution in [0.4, 0.5) is 11.4 Å². The van der Waals surface area contributed by atoms with Crippen LogP contribution in [-0.2, 0) is 4.74 Å². The van der Waals surface area contributed by atoms with Crippen LogP contribution in [0.25, 0.3) is 0 Å². The lowest BCUT2D eigenvalue weighted by Gasteiger charge is -2.14. The Morgan fingerprint density at radius 1 is 0.800 bits per heavy atom. The van der Waals surface area contributed by atoms with E-state index in [1.165, 1.54) is 31.4 Å². The molecule has 0 aromatic heterocycles. The lowest BCUT2D eigenvalue weighted by atomic mass is 10.1. The average Bonchev–Trinajstić information content (AvgIpc) is 3.04. The predicted molar refractivity (Wildman–Crippen MR) is 110 cm³/mol. The summed E-state index contributed by atoms with van der Waals surface area (Å²) in [6, 6.07) is 19.2. The number of esters is 1. The molecule has 0 spiro atoms. The largest absolute Gasteiger partial charge is 0.465 e. The summed E-state index contributed by atoms with van der Waals surface area (Å²) in [5, 5.41) is 2.68. The maximum atomic E-state index is 12.6. The van der Waals surface area contributed by atoms with Gasteiger partial charge in [0.25, 0.3) is 17.7 Å². The van der Waals surface area contributed by atoms with Gasteiger partial charge >= 0.3 is 5.97 Å². The van der Waals surface area contributed by atoms with Crippen molar-refractivity contribution in [3.8, 4) is 0 Å². The van der Waals surface area contributed by atoms with Gasteiger partial charge in [0, 0.05) is 5.56 Å². The zero-order valence-electron chi connectivity index (χ0n) is 15.9. The van der Waals surface area contributed by atoms with Crippen LogP contribution in [0.5, 0.6) is 0 Å². The van der Waals surface area contributed by atoms with Gasteiger partial charge in [-0.25, -0.2) is 9.69 Å². The molecule has 3 aromatic rings. The Labute approximate surface area is 171 Å². The molecule has 7 nitrogen and oxygen atoms in total. The number of hydrogen-bond donors (Lipinski definition) is 1. The van der Waals surface area contributed by atoms with Crippen molar-refractivity contribution < 1.29 is 23.9 Å². The molecule has 0 saturated carbocycles. The van der Waals surface area contributed by atoms with Crippen molar-refractivity contribution in [3.63, 3.8) is 0 Å². The Kier molecular flexibility index (Phi) is 4.85. The first kappa shape index (κ1) is 19.1. The van der Waals surface area contributed by atoms with E-state index in [-0.39, 0.29) is 5.56 Å². The zero-order valence-corrected chi connectivity index (χ0v) is 15.9. The molecule has 7 heteroatoms. The average molecular weight is 400 g/mol. The van der Waals surface area contributed by atoms with Gasteiger partial charge in [0.05, 0.1) is 35.2 Å². The molecule has 1 heterocycles. The number of nitrogens with zero attached hydrogens (tertiary/aromatic N) is 1. The fourth-order valence-corrected chi connectivity index (χ4v) is 3.26. The molecule has 0 aliphatic carbocycles. The van der Waals surface area contributed by atoms with Crippen molar-refractivity contribution in [2.75, 3.05) is 17.3 Å². The highest BCUT2D eigenvalue weighted by Gasteiger charge is 2.36. The molecule has 30 heavy (non-hydrogen) atoms. The Morgan fingerprint density at radius 3 is 1.97 bits per heavy atom. The maximum absolute atomic E-state index is 12.6. The second-order valence-corrected chi connectivity index (χ2v) is 6.53. The topological polar surface area (TPSA) is 92.8 Å². The summed E-state index contributed by atoms with van der Waals surface area (Å²) in [6.45, 7) is 0. The third-order valence-corrected chi connectivity index (χ3v) is 4.76. The van der Waals surface area contributed by atoms with Crippen molar-refractivity contribution in [1.82, 2.24) is 0 Å². The number of imide groups is 1. The molecule has 0 fully saturated rings. The van der Waals surface area contributed by atoms with E-state index in [0.717, 1.165) is 4.90 Å². The van der Waals surface area contributed by atoms with E-state index >= 15 is 0 Å². The summed E-state index contributed by atoms with van der Waals surface area (Å²) in [5.74, 6) is -1.81. The highest BCUT2D eigenvalue weighted by Crippen LogP contribution is 2.28. The first-order valence-electron chi connectivity index (χ1n) is 9.08. The van der Waals surface area contributed by atoms with Crippen LogP contribution in [0, 0.1) is 0 Å². The number of rotatable bonds is 4. The number of amides is 3. The number of nitrogens with one attached hydrogen (secondary N) is 1. The van der Waals surface area contributed by atoms with Crippen LogP contribution in [0.15, 0.2) is 72.8 Å². The van der Waals surface area contributed by atoms with E-state index in [1.54, 1.807) is 48.5 Å². The predicted octanol–water partition coefficient (Wildman–Crippen LogP) is 3.53. The molecule has 0 radical (unpaired) electrons. The molecule has 4 rings (SSSR count). The molecule has 1 N–H and O–H groups in total. The smallest absolute Gasteiger partial charge is 0.339 e. The number of carbonyl (C=O) groups excluding carboxylic acids is 4. The molecule has 0 unspecified atom stereocenters. The molecule has 1 aliphatic rings. The Bertz CT molecular complexity index is 1150. The van der Waals surface area contributed by atoms with E-state index in [9.17, 15) is 19.2 Å². The van der Waals surface area contributed by atoms with Crippen molar-refractivity contribution >= 4 is 35.1 Å². The Morgan fingerprint density at radius 2 is 1.37 bits per heavy atom. The number of fused-ring (bicyclic) bond motifs is 1. The minimum atomic E-state index is -0.563. The third kappa shape index (κ3) is 3.22. The van der Waals surface area contributed by atoms with Gasteiger partial charge in [-0.05, 0) is 48.5 Å². The van der Waals surface area contributed by atoms with Gasteiger partial charge in [-0.3, -0.25) is 14.4 Å². The van der Waals surface area contributed by atoms with Gasteiger partial charge in [-0.2, -0.15) is 0 Å². The number of benzene rings is 3. The third-order valence-electron chi connectivity index (χ3n) is 4.76. The SMILES string of the molecule is COC(=O)c1ccccc1NC(=O)c1ccc(N2C(=O)c3ccccc3C2=O)cc1. The first-order chi connectivity index (χ1) is 14.5. The number of anilines is 2. The van der Waals surface area contributed by atoms with Crippen molar-refractivity contribution in [2.45, 2.75) is 0 Å². The summed E-state index contributed by atoms with van der Waals surface area (Å²) in [4.78, 5) is 50.7. The maximum Gasteiger partial charge on any atom is 0.339 e.